The van der Waals surface area contributed by atoms with Gasteiger partial charge in [-0.15, -0.1) is 0 Å². The molecule has 1 saturated heterocycles. The van der Waals surface area contributed by atoms with E-state index in [0.29, 0.717) is 39.8 Å². The van der Waals surface area contributed by atoms with Gasteiger partial charge in [-0.3, -0.25) is 0 Å². The molecular weight excluding hydrogens is 465 g/mol. The van der Waals surface area contributed by atoms with Gasteiger partial charge in [0.05, 0.1) is 18.8 Å². The quantitative estimate of drug-likeness (QED) is 0.546. The van der Waals surface area contributed by atoms with Crippen molar-refractivity contribution in [2.45, 2.75) is 38.8 Å². The van der Waals surface area contributed by atoms with Crippen LogP contribution in [0.25, 0.3) is 0 Å². The molecule has 2 aromatic rings. The van der Waals surface area contributed by atoms with Crippen molar-refractivity contribution in [1.82, 2.24) is 20.2 Å². The first-order valence-corrected chi connectivity index (χ1v) is 10.9. The van der Waals surface area contributed by atoms with Gasteiger partial charge in [0.15, 0.2) is 0 Å². The summed E-state index contributed by atoms with van der Waals surface area (Å²) < 4.78 is 4.83. The maximum absolute atomic E-state index is 12.0. The molecule has 0 unspecified atom stereocenters. The zero-order chi connectivity index (χ0) is 22.4. The zero-order valence-electron chi connectivity index (χ0n) is 16.8. The third-order valence-corrected chi connectivity index (χ3v) is 5.60. The van der Waals surface area contributed by atoms with Crippen LogP contribution in [0.4, 0.5) is 15.4 Å². The summed E-state index contributed by atoms with van der Waals surface area (Å²) in [6.45, 7) is 3.05. The summed E-state index contributed by atoms with van der Waals surface area (Å²) in [6.07, 6.45) is 2.81. The van der Waals surface area contributed by atoms with Crippen molar-refractivity contribution in [3.05, 3.63) is 50.9 Å². The van der Waals surface area contributed by atoms with Gasteiger partial charge in [0.2, 0.25) is 0 Å². The highest BCUT2D eigenvalue weighted by atomic mass is 35.5. The molecule has 0 saturated carbocycles. The Morgan fingerprint density at radius 2 is 1.90 bits per heavy atom. The minimum atomic E-state index is -0.857. The van der Waals surface area contributed by atoms with E-state index in [1.807, 2.05) is 13.0 Å². The Morgan fingerprint density at radius 3 is 2.61 bits per heavy atom. The molecule has 2 heterocycles. The fourth-order valence-electron chi connectivity index (χ4n) is 3.13. The fourth-order valence-corrected chi connectivity index (χ4v) is 3.85. The van der Waals surface area contributed by atoms with E-state index in [-0.39, 0.29) is 12.6 Å². The normalized spacial score (nSPS) is 14.6. The van der Waals surface area contributed by atoms with Crippen LogP contribution in [0.3, 0.4) is 0 Å². The number of rotatable bonds is 5. The molecule has 166 valence electrons. The van der Waals surface area contributed by atoms with Gasteiger partial charge in [-0.05, 0) is 43.9 Å². The standard InChI is InChI=1S/C20H22Cl3N5O3/c1-12(14-6-5-13(21)9-15(14)22)26-18-16(23)10-24-17(27-18)11-25-19(29)31-20(30)28-7-3-2-4-8-28/h5-6,9-10,12H,2-4,7-8,11H2,1H3,(H,25,29)(H,24,26,27)/t12-/m1/s1. The molecule has 2 N–H and O–H groups in total. The van der Waals surface area contributed by atoms with Gasteiger partial charge >= 0.3 is 12.2 Å². The summed E-state index contributed by atoms with van der Waals surface area (Å²) in [5, 5.41) is 7.02. The molecule has 0 aliphatic carbocycles. The molecule has 0 radical (unpaired) electrons. The molecule has 1 atom stereocenters. The highest BCUT2D eigenvalue weighted by Crippen LogP contribution is 2.29. The van der Waals surface area contributed by atoms with Crippen LogP contribution >= 0.6 is 34.8 Å². The van der Waals surface area contributed by atoms with Gasteiger partial charge in [-0.1, -0.05) is 40.9 Å². The molecule has 8 nitrogen and oxygen atoms in total. The van der Waals surface area contributed by atoms with Crippen LogP contribution in [-0.2, 0) is 11.3 Å². The average Bonchev–Trinajstić information content (AvgIpc) is 2.74. The molecule has 1 aliphatic heterocycles. The van der Waals surface area contributed by atoms with Crippen LogP contribution in [0.1, 0.15) is 43.6 Å². The summed E-state index contributed by atoms with van der Waals surface area (Å²) in [7, 11) is 0. The molecule has 31 heavy (non-hydrogen) atoms. The van der Waals surface area contributed by atoms with E-state index in [2.05, 4.69) is 20.6 Å². The number of anilines is 1. The Hall–Kier alpha value is -2.29. The van der Waals surface area contributed by atoms with Gasteiger partial charge in [-0.2, -0.15) is 0 Å². The summed E-state index contributed by atoms with van der Waals surface area (Å²) in [4.78, 5) is 33.9. The van der Waals surface area contributed by atoms with E-state index < -0.39 is 12.2 Å². The predicted octanol–water partition coefficient (Wildman–Crippen LogP) is 5.44. The van der Waals surface area contributed by atoms with Crippen LogP contribution in [0.15, 0.2) is 24.4 Å². The molecular formula is C20H22Cl3N5O3. The van der Waals surface area contributed by atoms with Crippen molar-refractivity contribution < 1.29 is 14.3 Å². The van der Waals surface area contributed by atoms with Crippen molar-refractivity contribution in [3.8, 4) is 0 Å². The Balaban J connectivity index is 1.57. The second-order valence-electron chi connectivity index (χ2n) is 7.07. The number of ether oxygens (including phenoxy) is 1. The number of piperidine rings is 1. The second-order valence-corrected chi connectivity index (χ2v) is 8.32. The second kappa shape index (κ2) is 10.8. The molecule has 11 heteroatoms. The van der Waals surface area contributed by atoms with E-state index in [9.17, 15) is 9.59 Å². The fraction of sp³-hybridized carbons (Fsp3) is 0.400. The maximum Gasteiger partial charge on any atom is 0.418 e. The summed E-state index contributed by atoms with van der Waals surface area (Å²) in [5.74, 6) is 0.674. The Kier molecular flexibility index (Phi) is 8.17. The third kappa shape index (κ3) is 6.59. The minimum Gasteiger partial charge on any atom is -0.362 e. The lowest BCUT2D eigenvalue weighted by molar-refractivity contribution is 0.111. The predicted molar refractivity (Wildman–Crippen MR) is 120 cm³/mol. The van der Waals surface area contributed by atoms with Crippen LogP contribution in [0.2, 0.25) is 15.1 Å². The lowest BCUT2D eigenvalue weighted by Crippen LogP contribution is -2.39. The third-order valence-electron chi connectivity index (χ3n) is 4.76. The van der Waals surface area contributed by atoms with E-state index >= 15 is 0 Å². The molecule has 2 amide bonds. The topological polar surface area (TPSA) is 96.4 Å². The minimum absolute atomic E-state index is 0.0337. The van der Waals surface area contributed by atoms with Crippen LogP contribution in [0.5, 0.6) is 0 Å². The average molecular weight is 487 g/mol. The summed E-state index contributed by atoms with van der Waals surface area (Å²) >= 11 is 18.4. The molecule has 1 aliphatic rings. The lowest BCUT2D eigenvalue weighted by Gasteiger charge is -2.25. The zero-order valence-corrected chi connectivity index (χ0v) is 19.1. The van der Waals surface area contributed by atoms with Gasteiger partial charge in [0, 0.05) is 23.1 Å². The van der Waals surface area contributed by atoms with Crippen molar-refractivity contribution >= 4 is 52.8 Å². The number of benzene rings is 1. The number of amides is 2. The lowest BCUT2D eigenvalue weighted by atomic mass is 10.1. The van der Waals surface area contributed by atoms with Crippen molar-refractivity contribution in [1.29, 1.82) is 0 Å². The largest absolute Gasteiger partial charge is 0.418 e. The van der Waals surface area contributed by atoms with E-state index in [0.717, 1.165) is 24.8 Å². The Morgan fingerprint density at radius 1 is 1.16 bits per heavy atom. The SMILES string of the molecule is C[C@@H](Nc1nc(CNC(=O)OC(=O)N2CCCCC2)ncc1Cl)c1ccc(Cl)cc1Cl. The number of carbonyl (C=O) groups is 2. The van der Waals surface area contributed by atoms with E-state index in [1.165, 1.54) is 11.1 Å². The molecule has 0 spiro atoms. The van der Waals surface area contributed by atoms with Crippen molar-refractivity contribution in [2.24, 2.45) is 0 Å². The highest BCUT2D eigenvalue weighted by molar-refractivity contribution is 6.35. The number of hydrogen-bond acceptors (Lipinski definition) is 6. The number of nitrogens with one attached hydrogen (secondary N) is 2. The van der Waals surface area contributed by atoms with Crippen LogP contribution in [0, 0.1) is 0 Å². The number of halogens is 3. The molecule has 3 rings (SSSR count). The number of alkyl carbamates (subject to hydrolysis) is 1. The van der Waals surface area contributed by atoms with Gasteiger partial charge < -0.3 is 20.3 Å². The number of nitrogens with zero attached hydrogens (tertiary/aromatic N) is 3. The molecule has 1 aromatic heterocycles. The van der Waals surface area contributed by atoms with Crippen LogP contribution < -0.4 is 10.6 Å². The number of carbonyl (C=O) groups excluding carboxylic acids is 2. The highest BCUT2D eigenvalue weighted by Gasteiger charge is 2.21. The van der Waals surface area contributed by atoms with Gasteiger partial charge in [0.1, 0.15) is 16.7 Å². The molecule has 0 bridgehead atoms. The van der Waals surface area contributed by atoms with Crippen LogP contribution in [-0.4, -0.2) is 40.1 Å². The monoisotopic (exact) mass is 485 g/mol. The van der Waals surface area contributed by atoms with Gasteiger partial charge in [0.25, 0.3) is 0 Å². The van der Waals surface area contributed by atoms with Crippen molar-refractivity contribution in [3.63, 3.8) is 0 Å². The first-order valence-electron chi connectivity index (χ1n) is 9.81. The first kappa shape index (κ1) is 23.4. The first-order chi connectivity index (χ1) is 14.8. The molecule has 1 aromatic carbocycles. The van der Waals surface area contributed by atoms with Gasteiger partial charge in [-0.25, -0.2) is 19.6 Å². The maximum atomic E-state index is 12.0. The Bertz CT molecular complexity index is 954. The summed E-state index contributed by atoms with van der Waals surface area (Å²) in [5.41, 5.74) is 0.820. The number of likely N-dealkylation sites (tertiary alicyclic amines) is 1. The molecule has 1 fully saturated rings. The summed E-state index contributed by atoms with van der Waals surface area (Å²) in [6, 6.07) is 5.00. The smallest absolute Gasteiger partial charge is 0.362 e. The number of aromatic nitrogens is 2. The van der Waals surface area contributed by atoms with E-state index in [1.54, 1.807) is 12.1 Å². The number of hydrogen-bond donors (Lipinski definition) is 2. The Labute approximate surface area is 195 Å². The van der Waals surface area contributed by atoms with E-state index in [4.69, 9.17) is 39.5 Å². The van der Waals surface area contributed by atoms with Crippen molar-refractivity contribution in [2.75, 3.05) is 18.4 Å².